The monoisotopic (exact) mass is 358 g/mol. The number of nitriles is 1. The molecule has 3 rings (SSSR count). The van der Waals surface area contributed by atoms with Crippen molar-refractivity contribution in [2.24, 2.45) is 0 Å². The Morgan fingerprint density at radius 2 is 1.91 bits per heavy atom. The standard InChI is InChI=1S/C14H7BrN4O3/c15-11-6-5-10(21-11)13-18-19-14(22-13)17-12(20)9-3-1-8(7-16)2-4-9/h1-6H,(H,17,19,20). The molecular formula is C14H7BrN4O3. The second kappa shape index (κ2) is 5.83. The van der Waals surface area contributed by atoms with Crippen molar-refractivity contribution < 1.29 is 13.6 Å². The van der Waals surface area contributed by atoms with Gasteiger partial charge in [0.2, 0.25) is 0 Å². The van der Waals surface area contributed by atoms with E-state index in [0.717, 1.165) is 0 Å². The number of benzene rings is 1. The Morgan fingerprint density at radius 1 is 1.14 bits per heavy atom. The van der Waals surface area contributed by atoms with Crippen molar-refractivity contribution in [3.8, 4) is 17.7 Å². The maximum atomic E-state index is 12.0. The van der Waals surface area contributed by atoms with E-state index in [1.807, 2.05) is 6.07 Å². The van der Waals surface area contributed by atoms with E-state index >= 15 is 0 Å². The van der Waals surface area contributed by atoms with Gasteiger partial charge in [0, 0.05) is 5.56 Å². The summed E-state index contributed by atoms with van der Waals surface area (Å²) in [6, 6.07) is 11.5. The van der Waals surface area contributed by atoms with Gasteiger partial charge in [0.15, 0.2) is 10.4 Å². The molecule has 108 valence electrons. The highest BCUT2D eigenvalue weighted by Crippen LogP contribution is 2.25. The van der Waals surface area contributed by atoms with Gasteiger partial charge in [0.25, 0.3) is 11.8 Å². The molecule has 0 spiro atoms. The van der Waals surface area contributed by atoms with Gasteiger partial charge in [0.1, 0.15) is 0 Å². The zero-order valence-corrected chi connectivity index (χ0v) is 12.5. The zero-order valence-electron chi connectivity index (χ0n) is 10.9. The number of nitrogens with zero attached hydrogens (tertiary/aromatic N) is 3. The molecule has 0 bridgehead atoms. The lowest BCUT2D eigenvalue weighted by molar-refractivity contribution is 0.102. The topological polar surface area (TPSA) is 105 Å². The Labute approximate surface area is 132 Å². The van der Waals surface area contributed by atoms with E-state index in [9.17, 15) is 4.79 Å². The fourth-order valence-electron chi connectivity index (χ4n) is 1.67. The molecule has 2 heterocycles. The van der Waals surface area contributed by atoms with Crippen LogP contribution in [0.1, 0.15) is 15.9 Å². The largest absolute Gasteiger partial charge is 0.444 e. The average molecular weight is 359 g/mol. The van der Waals surface area contributed by atoms with Crippen LogP contribution in [0.3, 0.4) is 0 Å². The number of hydrogen-bond acceptors (Lipinski definition) is 6. The number of hydrogen-bond donors (Lipinski definition) is 1. The van der Waals surface area contributed by atoms with Crippen molar-refractivity contribution in [2.75, 3.05) is 5.32 Å². The minimum Gasteiger partial charge on any atom is -0.444 e. The van der Waals surface area contributed by atoms with Crippen LogP contribution in [0.2, 0.25) is 0 Å². The first-order chi connectivity index (χ1) is 10.7. The van der Waals surface area contributed by atoms with Gasteiger partial charge in [0.05, 0.1) is 11.6 Å². The number of rotatable bonds is 3. The molecule has 0 radical (unpaired) electrons. The summed E-state index contributed by atoms with van der Waals surface area (Å²) in [7, 11) is 0. The number of carbonyl (C=O) groups is 1. The third-order valence-corrected chi connectivity index (χ3v) is 3.13. The Bertz CT molecular complexity index is 861. The highest BCUT2D eigenvalue weighted by molar-refractivity contribution is 9.10. The van der Waals surface area contributed by atoms with E-state index in [1.54, 1.807) is 24.3 Å². The SMILES string of the molecule is N#Cc1ccc(C(=O)Nc2nnc(-c3ccc(Br)o3)o2)cc1. The van der Waals surface area contributed by atoms with Gasteiger partial charge in [-0.25, -0.2) is 0 Å². The molecule has 1 amide bonds. The third-order valence-electron chi connectivity index (χ3n) is 2.71. The molecule has 8 heteroatoms. The van der Waals surface area contributed by atoms with Crippen LogP contribution in [0.4, 0.5) is 6.01 Å². The van der Waals surface area contributed by atoms with Crippen molar-refractivity contribution in [3.05, 3.63) is 52.2 Å². The highest BCUT2D eigenvalue weighted by atomic mass is 79.9. The van der Waals surface area contributed by atoms with E-state index in [-0.39, 0.29) is 11.9 Å². The molecule has 1 aromatic carbocycles. The molecule has 0 aliphatic heterocycles. The van der Waals surface area contributed by atoms with Crippen LogP contribution >= 0.6 is 15.9 Å². The lowest BCUT2D eigenvalue weighted by Crippen LogP contribution is -2.11. The summed E-state index contributed by atoms with van der Waals surface area (Å²) in [5.41, 5.74) is 0.847. The van der Waals surface area contributed by atoms with Gasteiger partial charge in [-0.15, -0.1) is 5.10 Å². The Hall–Kier alpha value is -2.92. The van der Waals surface area contributed by atoms with Crippen LogP contribution in [0, 0.1) is 11.3 Å². The second-order valence-electron chi connectivity index (χ2n) is 4.16. The molecule has 22 heavy (non-hydrogen) atoms. The van der Waals surface area contributed by atoms with Gasteiger partial charge in [-0.05, 0) is 52.3 Å². The number of aromatic nitrogens is 2. The molecule has 2 aromatic heterocycles. The van der Waals surface area contributed by atoms with Gasteiger partial charge in [-0.1, -0.05) is 5.10 Å². The summed E-state index contributed by atoms with van der Waals surface area (Å²) in [5.74, 6) is 0.124. The van der Waals surface area contributed by atoms with Crippen LogP contribution in [0.5, 0.6) is 0 Å². The highest BCUT2D eigenvalue weighted by Gasteiger charge is 2.15. The molecule has 0 aliphatic carbocycles. The molecule has 0 fully saturated rings. The molecular weight excluding hydrogens is 352 g/mol. The van der Waals surface area contributed by atoms with E-state index in [0.29, 0.717) is 21.6 Å². The Balaban J connectivity index is 1.74. The van der Waals surface area contributed by atoms with Crippen molar-refractivity contribution in [1.82, 2.24) is 10.2 Å². The van der Waals surface area contributed by atoms with E-state index < -0.39 is 5.91 Å². The van der Waals surface area contributed by atoms with Gasteiger partial charge >= 0.3 is 6.01 Å². The summed E-state index contributed by atoms with van der Waals surface area (Å²) in [5, 5.41) is 18.7. The van der Waals surface area contributed by atoms with Crippen molar-refractivity contribution >= 4 is 27.9 Å². The molecule has 0 aliphatic rings. The predicted octanol–water partition coefficient (Wildman–Crippen LogP) is 3.22. The molecule has 7 nitrogen and oxygen atoms in total. The number of furan rings is 1. The van der Waals surface area contributed by atoms with Crippen LogP contribution in [0.25, 0.3) is 11.7 Å². The Kier molecular flexibility index (Phi) is 3.72. The molecule has 0 unspecified atom stereocenters. The summed E-state index contributed by atoms with van der Waals surface area (Å²) >= 11 is 3.17. The number of amides is 1. The first-order valence-electron chi connectivity index (χ1n) is 6.06. The van der Waals surface area contributed by atoms with Crippen LogP contribution in [-0.2, 0) is 0 Å². The number of halogens is 1. The van der Waals surface area contributed by atoms with Crippen LogP contribution in [-0.4, -0.2) is 16.1 Å². The lowest BCUT2D eigenvalue weighted by Gasteiger charge is -1.99. The molecule has 0 saturated heterocycles. The van der Waals surface area contributed by atoms with Crippen LogP contribution in [0.15, 0.2) is 49.9 Å². The maximum Gasteiger partial charge on any atom is 0.322 e. The number of anilines is 1. The summed E-state index contributed by atoms with van der Waals surface area (Å²) in [6.45, 7) is 0. The first-order valence-corrected chi connectivity index (χ1v) is 6.86. The van der Waals surface area contributed by atoms with Gasteiger partial charge in [-0.3, -0.25) is 10.1 Å². The van der Waals surface area contributed by atoms with Gasteiger partial charge < -0.3 is 8.83 Å². The number of carbonyl (C=O) groups excluding carboxylic acids is 1. The minimum absolute atomic E-state index is 0.0446. The molecule has 0 atom stereocenters. The average Bonchev–Trinajstić information content (AvgIpc) is 3.16. The zero-order chi connectivity index (χ0) is 15.5. The van der Waals surface area contributed by atoms with Crippen molar-refractivity contribution in [1.29, 1.82) is 5.26 Å². The summed E-state index contributed by atoms with van der Waals surface area (Å²) in [4.78, 5) is 12.0. The predicted molar refractivity (Wildman–Crippen MR) is 78.8 cm³/mol. The van der Waals surface area contributed by atoms with E-state index in [1.165, 1.54) is 12.1 Å². The molecule has 0 saturated carbocycles. The molecule has 3 aromatic rings. The van der Waals surface area contributed by atoms with Crippen LogP contribution < -0.4 is 5.32 Å². The smallest absolute Gasteiger partial charge is 0.322 e. The molecule has 1 N–H and O–H groups in total. The first kappa shape index (κ1) is 14.0. The number of nitrogens with one attached hydrogen (secondary N) is 1. The summed E-state index contributed by atoms with van der Waals surface area (Å²) in [6.07, 6.45) is 0. The summed E-state index contributed by atoms with van der Waals surface area (Å²) < 4.78 is 11.1. The fraction of sp³-hybridized carbons (Fsp3) is 0. The normalized spacial score (nSPS) is 10.2. The fourth-order valence-corrected chi connectivity index (χ4v) is 1.97. The van der Waals surface area contributed by atoms with E-state index in [2.05, 4.69) is 31.4 Å². The van der Waals surface area contributed by atoms with Crippen molar-refractivity contribution in [2.45, 2.75) is 0 Å². The minimum atomic E-state index is -0.416. The van der Waals surface area contributed by atoms with Gasteiger partial charge in [-0.2, -0.15) is 5.26 Å². The van der Waals surface area contributed by atoms with Crippen molar-refractivity contribution in [3.63, 3.8) is 0 Å². The maximum absolute atomic E-state index is 12.0. The quantitative estimate of drug-likeness (QED) is 0.770. The third kappa shape index (κ3) is 2.89. The van der Waals surface area contributed by atoms with E-state index in [4.69, 9.17) is 14.1 Å². The second-order valence-corrected chi connectivity index (χ2v) is 4.94. The Morgan fingerprint density at radius 3 is 2.55 bits per heavy atom. The lowest BCUT2D eigenvalue weighted by atomic mass is 10.1.